The van der Waals surface area contributed by atoms with Gasteiger partial charge in [0.2, 0.25) is 0 Å². The molecule has 0 atom stereocenters. The molecule has 150 valence electrons. The van der Waals surface area contributed by atoms with Gasteiger partial charge in [0.25, 0.3) is 0 Å². The zero-order valence-corrected chi connectivity index (χ0v) is 18.1. The number of halogens is 2. The zero-order chi connectivity index (χ0) is 19.6. The average Bonchev–Trinajstić information content (AvgIpc) is 2.66. The Morgan fingerprint density at radius 3 is 1.52 bits per heavy atom. The summed E-state index contributed by atoms with van der Waals surface area (Å²) in [7, 11) is -6.58. The molecule has 0 saturated carbocycles. The fraction of sp³-hybridized carbons (Fsp3) is 0.333. The monoisotopic (exact) mass is 452 g/mol. The topological polar surface area (TPSA) is 68.2 Å². The van der Waals surface area contributed by atoms with Gasteiger partial charge in [-0.15, -0.1) is 0 Å². The molecule has 27 heavy (non-hydrogen) atoms. The predicted molar refractivity (Wildman–Crippen MR) is 113 cm³/mol. The molecule has 0 amide bonds. The van der Waals surface area contributed by atoms with Crippen molar-refractivity contribution < 1.29 is 23.1 Å². The first-order valence-electron chi connectivity index (χ1n) is 8.40. The van der Waals surface area contributed by atoms with Crippen LogP contribution in [0.25, 0.3) is 0 Å². The number of rotatable bonds is 12. The Balaban J connectivity index is 2.09. The number of benzene rings is 2. The van der Waals surface area contributed by atoms with Crippen molar-refractivity contribution in [2.24, 2.45) is 0 Å². The Labute approximate surface area is 171 Å². The van der Waals surface area contributed by atoms with E-state index in [2.05, 4.69) is 0 Å². The van der Waals surface area contributed by atoms with Gasteiger partial charge >= 0.3 is 171 Å². The summed E-state index contributed by atoms with van der Waals surface area (Å²) in [5, 5.41) is 0. The van der Waals surface area contributed by atoms with Crippen LogP contribution in [0.2, 0.25) is 0 Å². The third kappa shape index (κ3) is 8.29. The van der Waals surface area contributed by atoms with Crippen LogP contribution in [0.5, 0.6) is 0 Å². The number of hydrogen-bond donors (Lipinski definition) is 2. The van der Waals surface area contributed by atoms with Gasteiger partial charge in [0.15, 0.2) is 0 Å². The molecule has 5 nitrogen and oxygen atoms in total. The molecule has 2 aromatic rings. The van der Waals surface area contributed by atoms with Crippen LogP contribution in [0.4, 0.5) is 0 Å². The second kappa shape index (κ2) is 11.0. The van der Waals surface area contributed by atoms with Crippen molar-refractivity contribution in [2.45, 2.75) is 13.2 Å². The summed E-state index contributed by atoms with van der Waals surface area (Å²) >= 11 is 11.5. The van der Waals surface area contributed by atoms with Crippen LogP contribution >= 0.6 is 39.1 Å². The Morgan fingerprint density at radius 2 is 1.15 bits per heavy atom. The van der Waals surface area contributed by atoms with Crippen LogP contribution in [0.15, 0.2) is 60.7 Å². The van der Waals surface area contributed by atoms with E-state index in [1.807, 2.05) is 60.7 Å². The number of alkyl halides is 2. The van der Waals surface area contributed by atoms with E-state index < -0.39 is 15.9 Å². The van der Waals surface area contributed by atoms with Crippen molar-refractivity contribution in [3.63, 3.8) is 0 Å². The molecule has 0 fully saturated rings. The van der Waals surface area contributed by atoms with E-state index in [4.69, 9.17) is 36.6 Å². The summed E-state index contributed by atoms with van der Waals surface area (Å²) in [6.07, 6.45) is -0.218. The van der Waals surface area contributed by atoms with Crippen molar-refractivity contribution in [2.75, 3.05) is 24.1 Å². The molecule has 0 radical (unpaired) electrons. The molecule has 0 unspecified atom stereocenters. The third-order valence-corrected chi connectivity index (χ3v) is 9.55. The maximum atomic E-state index is 10.8. The molecule has 0 heterocycles. The normalized spacial score (nSPS) is 13.4. The fourth-order valence-corrected chi connectivity index (χ4v) is 7.96. The minimum atomic E-state index is -4.56. The third-order valence-electron chi connectivity index (χ3n) is 3.68. The molecule has 2 N–H and O–H groups in total. The van der Waals surface area contributed by atoms with Gasteiger partial charge < -0.3 is 0 Å². The van der Waals surface area contributed by atoms with Crippen molar-refractivity contribution in [1.29, 1.82) is 0 Å². The van der Waals surface area contributed by atoms with E-state index in [0.717, 1.165) is 11.1 Å². The molecule has 0 aromatic heterocycles. The second-order valence-corrected chi connectivity index (χ2v) is 11.8. The van der Waals surface area contributed by atoms with Gasteiger partial charge in [-0.2, -0.15) is 0 Å². The van der Waals surface area contributed by atoms with Crippen molar-refractivity contribution >= 4 is 39.1 Å². The second-order valence-electron chi connectivity index (χ2n) is 5.95. The van der Waals surface area contributed by atoms with Gasteiger partial charge in [0, 0.05) is 0 Å². The van der Waals surface area contributed by atoms with Crippen LogP contribution in [-0.2, 0) is 26.6 Å². The summed E-state index contributed by atoms with van der Waals surface area (Å²) in [6.45, 7) is 0.436. The van der Waals surface area contributed by atoms with Crippen LogP contribution < -0.4 is 0 Å². The van der Waals surface area contributed by atoms with Crippen molar-refractivity contribution in [1.82, 2.24) is 0 Å². The van der Waals surface area contributed by atoms with Gasteiger partial charge in [0.05, 0.1) is 0 Å². The molecule has 0 spiro atoms. The summed E-state index contributed by atoms with van der Waals surface area (Å²) in [5.74, 6) is 0.0600. The van der Waals surface area contributed by atoms with E-state index in [9.17, 15) is 9.79 Å². The Kier molecular flexibility index (Phi) is 9.37. The Bertz CT molecular complexity index is 622. The minimum absolute atomic E-state index is 0.0300. The molecule has 2 aromatic carbocycles. The molecular formula is C18H24Cl2O5P2. The zero-order valence-electron chi connectivity index (χ0n) is 14.8. The van der Waals surface area contributed by atoms with Gasteiger partial charge in [0.1, 0.15) is 0 Å². The number of hydrogen-bond acceptors (Lipinski definition) is 5. The molecule has 0 bridgehead atoms. The SMILES string of the molecule is OP(O)(CCCl)(CCCl)OP(OCc1ccccc1)OCc1ccccc1. The van der Waals surface area contributed by atoms with Crippen LogP contribution in [0.3, 0.4) is 0 Å². The van der Waals surface area contributed by atoms with Crippen LogP contribution in [0, 0.1) is 0 Å². The molecule has 0 aliphatic heterocycles. The summed E-state index contributed by atoms with van der Waals surface area (Å²) in [6, 6.07) is 19.0. The predicted octanol–water partition coefficient (Wildman–Crippen LogP) is 5.42. The first-order chi connectivity index (χ1) is 12.9. The van der Waals surface area contributed by atoms with Crippen molar-refractivity contribution in [3.05, 3.63) is 71.8 Å². The van der Waals surface area contributed by atoms with E-state index in [-0.39, 0.29) is 37.3 Å². The van der Waals surface area contributed by atoms with Crippen molar-refractivity contribution in [3.8, 4) is 0 Å². The van der Waals surface area contributed by atoms with Gasteiger partial charge in [-0.1, -0.05) is 0 Å². The summed E-state index contributed by atoms with van der Waals surface area (Å²) < 4.78 is 17.1. The first kappa shape index (κ1) is 23.0. The van der Waals surface area contributed by atoms with Crippen LogP contribution in [-0.4, -0.2) is 33.9 Å². The summed E-state index contributed by atoms with van der Waals surface area (Å²) in [5.41, 5.74) is 1.84. The van der Waals surface area contributed by atoms with E-state index >= 15 is 0 Å². The van der Waals surface area contributed by atoms with E-state index in [1.165, 1.54) is 0 Å². The maximum absolute atomic E-state index is 10.8. The molecule has 0 saturated heterocycles. The first-order valence-corrected chi connectivity index (χ1v) is 13.0. The molecule has 0 aliphatic rings. The Morgan fingerprint density at radius 1 is 0.741 bits per heavy atom. The van der Waals surface area contributed by atoms with Crippen LogP contribution in [0.1, 0.15) is 11.1 Å². The summed E-state index contributed by atoms with van der Waals surface area (Å²) in [4.78, 5) is 21.6. The molecular weight excluding hydrogens is 429 g/mol. The standard InChI is InChI=1S/C18H24Cl2O5P2/c19-11-13-27(21,22,14-12-20)25-26(23-15-17-7-3-1-4-8-17)24-16-18-9-5-2-6-10-18/h1-10,21-22H,11-16H2. The van der Waals surface area contributed by atoms with E-state index in [0.29, 0.717) is 0 Å². The van der Waals surface area contributed by atoms with Gasteiger partial charge in [-0.3, -0.25) is 0 Å². The van der Waals surface area contributed by atoms with Gasteiger partial charge in [-0.05, 0) is 0 Å². The van der Waals surface area contributed by atoms with E-state index in [1.54, 1.807) is 0 Å². The Hall–Kier alpha value is -0.320. The molecule has 9 heteroatoms. The molecule has 0 aliphatic carbocycles. The molecule has 2 rings (SSSR count). The quantitative estimate of drug-likeness (QED) is 0.332. The fourth-order valence-electron chi connectivity index (χ4n) is 2.17. The average molecular weight is 453 g/mol. The van der Waals surface area contributed by atoms with Gasteiger partial charge in [-0.25, -0.2) is 0 Å².